The first-order valence-corrected chi connectivity index (χ1v) is 10.7. The number of ether oxygens (including phenoxy) is 1. The van der Waals surface area contributed by atoms with E-state index in [0.717, 1.165) is 16.7 Å². The van der Waals surface area contributed by atoms with Crippen molar-refractivity contribution in [1.29, 1.82) is 0 Å². The first kappa shape index (κ1) is 21.0. The number of carbonyl (C=O) groups is 1. The zero-order valence-electron chi connectivity index (χ0n) is 16.6. The van der Waals surface area contributed by atoms with Crippen molar-refractivity contribution in [3.8, 4) is 11.5 Å². The van der Waals surface area contributed by atoms with Crippen LogP contribution < -0.4 is 10.1 Å². The monoisotopic (exact) mass is 450 g/mol. The van der Waals surface area contributed by atoms with Gasteiger partial charge in [-0.25, -0.2) is 4.99 Å². The van der Waals surface area contributed by atoms with Crippen molar-refractivity contribution in [2.45, 2.75) is 13.5 Å². The average molecular weight is 451 g/mol. The van der Waals surface area contributed by atoms with E-state index in [1.54, 1.807) is 18.2 Å². The molecule has 4 rings (SSSR count). The van der Waals surface area contributed by atoms with Crippen LogP contribution in [-0.4, -0.2) is 16.2 Å². The summed E-state index contributed by atoms with van der Waals surface area (Å²) in [6.07, 6.45) is 1.79. The topological polar surface area (TPSA) is 70.9 Å². The van der Waals surface area contributed by atoms with Crippen molar-refractivity contribution >= 4 is 46.2 Å². The van der Waals surface area contributed by atoms with Crippen LogP contribution >= 0.6 is 23.4 Å². The van der Waals surface area contributed by atoms with Crippen molar-refractivity contribution in [3.63, 3.8) is 0 Å². The molecule has 0 atom stereocenters. The molecule has 0 unspecified atom stereocenters. The molecule has 3 aromatic carbocycles. The molecule has 1 fully saturated rings. The Hall–Kier alpha value is -3.22. The van der Waals surface area contributed by atoms with Crippen LogP contribution in [0, 0.1) is 6.92 Å². The number of nitrogens with zero attached hydrogens (tertiary/aromatic N) is 1. The number of hydrogen-bond acceptors (Lipinski definition) is 5. The third-order valence-corrected chi connectivity index (χ3v) is 5.72. The average Bonchev–Trinajstić information content (AvgIpc) is 3.09. The molecule has 1 heterocycles. The van der Waals surface area contributed by atoms with Crippen molar-refractivity contribution in [1.82, 2.24) is 5.32 Å². The normalized spacial score (nSPS) is 16.0. The van der Waals surface area contributed by atoms with Gasteiger partial charge in [0.25, 0.3) is 5.91 Å². The van der Waals surface area contributed by atoms with Crippen molar-refractivity contribution < 1.29 is 14.6 Å². The summed E-state index contributed by atoms with van der Waals surface area (Å²) in [5.41, 5.74) is 3.12. The van der Waals surface area contributed by atoms with Crippen molar-refractivity contribution in [3.05, 3.63) is 93.3 Å². The number of para-hydroxylation sites is 1. The minimum Gasteiger partial charge on any atom is -0.506 e. The molecular formula is C24H19ClN2O3S. The second-order valence-corrected chi connectivity index (χ2v) is 8.38. The van der Waals surface area contributed by atoms with E-state index < -0.39 is 0 Å². The lowest BCUT2D eigenvalue weighted by molar-refractivity contribution is -0.115. The van der Waals surface area contributed by atoms with Gasteiger partial charge in [0.1, 0.15) is 23.8 Å². The molecule has 31 heavy (non-hydrogen) atoms. The Bertz CT molecular complexity index is 1170. The molecule has 3 aromatic rings. The smallest absolute Gasteiger partial charge is 0.264 e. The SMILES string of the molecule is Cc1cccc(O)c1N=C1NC(=O)/C(=C/c2cccc(OCc3ccc(Cl)cc3)c2)S1. The molecule has 0 saturated carbocycles. The van der Waals surface area contributed by atoms with Gasteiger partial charge in [0.15, 0.2) is 5.17 Å². The molecule has 156 valence electrons. The van der Waals surface area contributed by atoms with E-state index >= 15 is 0 Å². The molecular weight excluding hydrogens is 432 g/mol. The van der Waals surface area contributed by atoms with E-state index in [1.807, 2.05) is 61.5 Å². The second-order valence-electron chi connectivity index (χ2n) is 6.91. The zero-order chi connectivity index (χ0) is 21.8. The lowest BCUT2D eigenvalue weighted by Gasteiger charge is -2.07. The molecule has 2 N–H and O–H groups in total. The van der Waals surface area contributed by atoms with Gasteiger partial charge in [0, 0.05) is 5.02 Å². The Morgan fingerprint density at radius 1 is 1.13 bits per heavy atom. The van der Waals surface area contributed by atoms with Crippen LogP contribution in [0.25, 0.3) is 6.08 Å². The Balaban J connectivity index is 1.48. The maximum Gasteiger partial charge on any atom is 0.264 e. The number of hydrogen-bond donors (Lipinski definition) is 2. The first-order valence-electron chi connectivity index (χ1n) is 9.53. The minimum absolute atomic E-state index is 0.0744. The van der Waals surface area contributed by atoms with Crippen LogP contribution in [0.5, 0.6) is 11.5 Å². The van der Waals surface area contributed by atoms with Gasteiger partial charge < -0.3 is 15.2 Å². The number of aliphatic imine (C=N–C) groups is 1. The van der Waals surface area contributed by atoms with Crippen LogP contribution in [0.2, 0.25) is 5.02 Å². The summed E-state index contributed by atoms with van der Waals surface area (Å²) in [6, 6.07) is 20.2. The summed E-state index contributed by atoms with van der Waals surface area (Å²) >= 11 is 7.14. The third-order valence-electron chi connectivity index (χ3n) is 4.56. The molecule has 0 aromatic heterocycles. The fraction of sp³-hybridized carbons (Fsp3) is 0.0833. The van der Waals surface area contributed by atoms with Gasteiger partial charge in [0.05, 0.1) is 4.91 Å². The van der Waals surface area contributed by atoms with Gasteiger partial charge in [-0.05, 0) is 71.8 Å². The number of benzene rings is 3. The number of amidine groups is 1. The highest BCUT2D eigenvalue weighted by Gasteiger charge is 2.24. The second kappa shape index (κ2) is 9.29. The predicted octanol–water partition coefficient (Wildman–Crippen LogP) is 5.82. The van der Waals surface area contributed by atoms with E-state index in [1.165, 1.54) is 11.8 Å². The van der Waals surface area contributed by atoms with Gasteiger partial charge in [-0.15, -0.1) is 0 Å². The molecule has 1 saturated heterocycles. The number of halogens is 1. The Kier molecular flexibility index (Phi) is 6.30. The summed E-state index contributed by atoms with van der Waals surface area (Å²) < 4.78 is 5.86. The van der Waals surface area contributed by atoms with Crippen LogP contribution in [0.1, 0.15) is 16.7 Å². The number of carbonyl (C=O) groups excluding carboxylic acids is 1. The van der Waals surface area contributed by atoms with Gasteiger partial charge in [-0.2, -0.15) is 0 Å². The highest BCUT2D eigenvalue weighted by atomic mass is 35.5. The number of rotatable bonds is 5. The molecule has 1 aliphatic rings. The highest BCUT2D eigenvalue weighted by Crippen LogP contribution is 2.34. The van der Waals surface area contributed by atoms with Gasteiger partial charge in [-0.3, -0.25) is 4.79 Å². The van der Waals surface area contributed by atoms with Gasteiger partial charge in [-0.1, -0.05) is 48.0 Å². The number of aromatic hydroxyl groups is 1. The van der Waals surface area contributed by atoms with Crippen LogP contribution in [0.15, 0.2) is 76.6 Å². The van der Waals surface area contributed by atoms with Gasteiger partial charge >= 0.3 is 0 Å². The summed E-state index contributed by atoms with van der Waals surface area (Å²) in [7, 11) is 0. The molecule has 1 amide bonds. The minimum atomic E-state index is -0.232. The predicted molar refractivity (Wildman–Crippen MR) is 126 cm³/mol. The van der Waals surface area contributed by atoms with Crippen molar-refractivity contribution in [2.24, 2.45) is 4.99 Å². The third kappa shape index (κ3) is 5.29. The number of phenolic OH excluding ortho intramolecular Hbond substituents is 1. The maximum absolute atomic E-state index is 12.4. The summed E-state index contributed by atoms with van der Waals surface area (Å²) in [5, 5.41) is 13.9. The van der Waals surface area contributed by atoms with Crippen LogP contribution in [0.4, 0.5) is 5.69 Å². The van der Waals surface area contributed by atoms with E-state index in [0.29, 0.717) is 33.1 Å². The first-order chi connectivity index (χ1) is 15.0. The molecule has 7 heteroatoms. The Morgan fingerprint density at radius 2 is 1.90 bits per heavy atom. The number of aryl methyl sites for hydroxylation is 1. The van der Waals surface area contributed by atoms with Crippen LogP contribution in [0.3, 0.4) is 0 Å². The molecule has 5 nitrogen and oxygen atoms in total. The van der Waals surface area contributed by atoms with E-state index in [-0.39, 0.29) is 11.7 Å². The number of phenols is 1. The van der Waals surface area contributed by atoms with E-state index in [4.69, 9.17) is 16.3 Å². The molecule has 0 radical (unpaired) electrons. The lowest BCUT2D eigenvalue weighted by Crippen LogP contribution is -2.19. The molecule has 0 spiro atoms. The summed E-state index contributed by atoms with van der Waals surface area (Å²) in [5.74, 6) is 0.543. The molecule has 0 bridgehead atoms. The largest absolute Gasteiger partial charge is 0.506 e. The Labute approximate surface area is 189 Å². The lowest BCUT2D eigenvalue weighted by atomic mass is 10.2. The van der Waals surface area contributed by atoms with Crippen LogP contribution in [-0.2, 0) is 11.4 Å². The highest BCUT2D eigenvalue weighted by molar-refractivity contribution is 8.18. The molecule has 1 aliphatic heterocycles. The fourth-order valence-electron chi connectivity index (χ4n) is 2.96. The van der Waals surface area contributed by atoms with E-state index in [9.17, 15) is 9.90 Å². The quantitative estimate of drug-likeness (QED) is 0.480. The Morgan fingerprint density at radius 3 is 2.68 bits per heavy atom. The fourth-order valence-corrected chi connectivity index (χ4v) is 3.92. The summed E-state index contributed by atoms with van der Waals surface area (Å²) in [6.45, 7) is 2.27. The number of nitrogens with one attached hydrogen (secondary N) is 1. The number of amides is 1. The number of thioether (sulfide) groups is 1. The maximum atomic E-state index is 12.4. The zero-order valence-corrected chi connectivity index (χ0v) is 18.2. The van der Waals surface area contributed by atoms with Crippen molar-refractivity contribution in [2.75, 3.05) is 0 Å². The summed E-state index contributed by atoms with van der Waals surface area (Å²) in [4.78, 5) is 17.3. The van der Waals surface area contributed by atoms with Gasteiger partial charge in [0.2, 0.25) is 0 Å². The van der Waals surface area contributed by atoms with E-state index in [2.05, 4.69) is 10.3 Å². The molecule has 0 aliphatic carbocycles. The standard InChI is InChI=1S/C24H19ClN2O3S/c1-15-4-2-7-20(28)22(15)26-24-27-23(29)21(31-24)13-17-5-3-6-19(12-17)30-14-16-8-10-18(25)11-9-16/h2-13,28H,14H2,1H3,(H,26,27,29)/b21-13-.